The minimum Gasteiger partial charge on any atom is -0.618 e. The first-order valence-electron chi connectivity index (χ1n) is 16.4. The second kappa shape index (κ2) is 11.3. The monoisotopic (exact) mass is 647 g/mol. The third kappa shape index (κ3) is 5.87. The van der Waals surface area contributed by atoms with Crippen molar-refractivity contribution in [2.45, 2.75) is 121 Å². The molecule has 1 aliphatic carbocycles. The van der Waals surface area contributed by atoms with Crippen LogP contribution in [0.25, 0.3) is 0 Å². The van der Waals surface area contributed by atoms with E-state index >= 15 is 0 Å². The van der Waals surface area contributed by atoms with Crippen LogP contribution in [-0.4, -0.2) is 34.7 Å². The molecule has 1 aromatic heterocycles. The van der Waals surface area contributed by atoms with Crippen molar-refractivity contribution in [3.63, 3.8) is 0 Å². The fourth-order valence-corrected chi connectivity index (χ4v) is 8.93. The van der Waals surface area contributed by atoms with E-state index < -0.39 is 31.8 Å². The fourth-order valence-electron chi connectivity index (χ4n) is 7.66. The molecule has 2 saturated heterocycles. The molecule has 10 heteroatoms. The Bertz CT molecular complexity index is 1420. The number of ether oxygens (including phenoxy) is 3. The largest absolute Gasteiger partial charge is 0.618 e. The Morgan fingerprint density at radius 2 is 1.53 bits per heavy atom. The lowest BCUT2D eigenvalue weighted by Gasteiger charge is -2.45. The van der Waals surface area contributed by atoms with E-state index in [0.29, 0.717) is 69.8 Å². The number of aromatic nitrogens is 1. The molecule has 0 radical (unpaired) electrons. The summed E-state index contributed by atoms with van der Waals surface area (Å²) in [6, 6.07) is 5.28. The minimum atomic E-state index is -4.44. The SMILES string of the molecule is CC1(C)Cc2c(c3c(c(C4CCOCC4)[n+]2[O-])[C@@H](c2ccc(C(F)(F)F)cc2)OC32CCOCC2)[C@@H](O[Si](C)(C)C(C)(C)C)C1. The molecule has 1 aromatic carbocycles. The van der Waals surface area contributed by atoms with Gasteiger partial charge < -0.3 is 23.8 Å². The number of hydrogen-bond acceptors (Lipinski definition) is 5. The quantitative estimate of drug-likeness (QED) is 0.190. The van der Waals surface area contributed by atoms with Gasteiger partial charge in [0.25, 0.3) is 0 Å². The maximum Gasteiger partial charge on any atom is 0.416 e. The van der Waals surface area contributed by atoms with Gasteiger partial charge in [0.05, 0.1) is 28.4 Å². The molecule has 1 spiro atoms. The number of pyridine rings is 1. The average Bonchev–Trinajstić information content (AvgIpc) is 3.26. The molecule has 4 aliphatic rings. The summed E-state index contributed by atoms with van der Waals surface area (Å²) in [7, 11) is -2.29. The number of halogens is 3. The smallest absolute Gasteiger partial charge is 0.416 e. The molecule has 0 saturated carbocycles. The summed E-state index contributed by atoms with van der Waals surface area (Å²) in [6.45, 7) is 17.7. The van der Waals surface area contributed by atoms with Gasteiger partial charge in [-0.2, -0.15) is 17.9 Å². The molecule has 4 heterocycles. The van der Waals surface area contributed by atoms with E-state index in [1.165, 1.54) is 16.9 Å². The van der Waals surface area contributed by atoms with E-state index in [4.69, 9.17) is 18.6 Å². The van der Waals surface area contributed by atoms with Crippen LogP contribution < -0.4 is 4.73 Å². The Labute approximate surface area is 266 Å². The van der Waals surface area contributed by atoms with Crippen LogP contribution >= 0.6 is 0 Å². The number of alkyl halides is 3. The molecule has 3 aliphatic heterocycles. The predicted molar refractivity (Wildman–Crippen MR) is 167 cm³/mol. The highest BCUT2D eigenvalue weighted by atomic mass is 28.4. The van der Waals surface area contributed by atoms with Crippen LogP contribution in [0.1, 0.15) is 124 Å². The Kier molecular flexibility index (Phi) is 8.29. The standard InChI is InChI=1S/C35H48F3NO5Si/c1-32(2,3)45(6,7)44-26-21-33(4,5)20-25-27(26)29-28(30(39(25)40)22-12-16-41-17-13-22)31(43-34(29)14-18-42-19-15-34)23-8-10-24(11-9-23)35(36,37)38/h8-11,22,26,31H,12-21H2,1-7H3/t26-,31+/m0/s1. The second-order valence-electron chi connectivity index (χ2n) is 15.9. The van der Waals surface area contributed by atoms with Gasteiger partial charge in [-0.05, 0) is 60.5 Å². The summed E-state index contributed by atoms with van der Waals surface area (Å²) in [4.78, 5) is 0. The molecule has 6 rings (SSSR count). The third-order valence-electron chi connectivity index (χ3n) is 11.0. The minimum absolute atomic E-state index is 0.0387. The van der Waals surface area contributed by atoms with Gasteiger partial charge in [-0.25, -0.2) is 0 Å². The highest BCUT2D eigenvalue weighted by molar-refractivity contribution is 6.74. The van der Waals surface area contributed by atoms with Crippen molar-refractivity contribution < 1.29 is 36.5 Å². The normalized spacial score (nSPS) is 25.3. The van der Waals surface area contributed by atoms with Gasteiger partial charge >= 0.3 is 6.18 Å². The van der Waals surface area contributed by atoms with Crippen molar-refractivity contribution >= 4 is 8.32 Å². The van der Waals surface area contributed by atoms with Crippen molar-refractivity contribution in [1.29, 1.82) is 0 Å². The molecule has 0 N–H and O–H groups in total. The Hall–Kier alpha value is -1.98. The first-order chi connectivity index (χ1) is 20.9. The van der Waals surface area contributed by atoms with Gasteiger partial charge in [-0.3, -0.25) is 0 Å². The van der Waals surface area contributed by atoms with Crippen LogP contribution in [0.5, 0.6) is 0 Å². The first-order valence-corrected chi connectivity index (χ1v) is 19.4. The lowest BCUT2D eigenvalue weighted by Crippen LogP contribution is -2.50. The molecule has 248 valence electrons. The molecular weight excluding hydrogens is 599 g/mol. The molecule has 2 aromatic rings. The van der Waals surface area contributed by atoms with E-state index in [1.54, 1.807) is 0 Å². The highest BCUT2D eigenvalue weighted by Crippen LogP contribution is 2.59. The number of hydrogen-bond donors (Lipinski definition) is 0. The number of fused-ring (bicyclic) bond motifs is 4. The zero-order valence-electron chi connectivity index (χ0n) is 27.7. The zero-order chi connectivity index (χ0) is 32.6. The Morgan fingerprint density at radius 1 is 0.933 bits per heavy atom. The summed E-state index contributed by atoms with van der Waals surface area (Å²) in [5.74, 6) is -0.0457. The highest BCUT2D eigenvalue weighted by Gasteiger charge is 2.56. The van der Waals surface area contributed by atoms with Gasteiger partial charge in [0, 0.05) is 57.2 Å². The molecule has 0 unspecified atom stereocenters. The Morgan fingerprint density at radius 3 is 2.11 bits per heavy atom. The van der Waals surface area contributed by atoms with E-state index in [0.717, 1.165) is 40.9 Å². The molecular formula is C35H48F3NO5Si. The van der Waals surface area contributed by atoms with E-state index in [9.17, 15) is 18.4 Å². The predicted octanol–water partition coefficient (Wildman–Crippen LogP) is 8.39. The third-order valence-corrected chi connectivity index (χ3v) is 15.5. The van der Waals surface area contributed by atoms with Crippen LogP contribution in [0, 0.1) is 10.6 Å². The van der Waals surface area contributed by atoms with Crippen LogP contribution in [-0.2, 0) is 36.8 Å². The van der Waals surface area contributed by atoms with Crippen LogP contribution in [0.15, 0.2) is 24.3 Å². The van der Waals surface area contributed by atoms with Gasteiger partial charge in [0.1, 0.15) is 6.10 Å². The topological polar surface area (TPSA) is 63.9 Å². The summed E-state index contributed by atoms with van der Waals surface area (Å²) in [6.07, 6.45) is -1.40. The van der Waals surface area contributed by atoms with Gasteiger partial charge in [-0.15, -0.1) is 0 Å². The van der Waals surface area contributed by atoms with E-state index in [-0.39, 0.29) is 22.5 Å². The first kappa shape index (κ1) is 32.9. The molecule has 0 amide bonds. The molecule has 2 fully saturated rings. The van der Waals surface area contributed by atoms with Crippen LogP contribution in [0.3, 0.4) is 0 Å². The summed E-state index contributed by atoms with van der Waals surface area (Å²) >= 11 is 0. The molecule has 2 atom stereocenters. The summed E-state index contributed by atoms with van der Waals surface area (Å²) in [5, 5.41) is 14.9. The average molecular weight is 648 g/mol. The van der Waals surface area contributed by atoms with Crippen LogP contribution in [0.2, 0.25) is 18.1 Å². The lowest BCUT2D eigenvalue weighted by molar-refractivity contribution is -0.627. The number of nitrogens with zero attached hydrogens (tertiary/aromatic N) is 1. The van der Waals surface area contributed by atoms with Crippen molar-refractivity contribution in [3.05, 3.63) is 68.7 Å². The maximum absolute atomic E-state index is 14.9. The zero-order valence-corrected chi connectivity index (χ0v) is 28.7. The number of benzene rings is 1. The van der Waals surface area contributed by atoms with Gasteiger partial charge in [0.2, 0.25) is 5.69 Å². The van der Waals surface area contributed by atoms with Crippen LogP contribution in [0.4, 0.5) is 13.2 Å². The summed E-state index contributed by atoms with van der Waals surface area (Å²) < 4.78 is 67.9. The number of rotatable bonds is 4. The molecule has 0 bridgehead atoms. The van der Waals surface area contributed by atoms with E-state index in [2.05, 4.69) is 47.7 Å². The molecule has 45 heavy (non-hydrogen) atoms. The van der Waals surface area contributed by atoms with E-state index in [1.807, 2.05) is 0 Å². The van der Waals surface area contributed by atoms with Crippen molar-refractivity contribution in [2.24, 2.45) is 5.41 Å². The summed E-state index contributed by atoms with van der Waals surface area (Å²) in [5.41, 5.74) is 3.32. The fraction of sp³-hybridized carbons (Fsp3) is 0.686. The van der Waals surface area contributed by atoms with Crippen molar-refractivity contribution in [3.8, 4) is 0 Å². The second-order valence-corrected chi connectivity index (χ2v) is 20.6. The van der Waals surface area contributed by atoms with Gasteiger partial charge in [0.15, 0.2) is 14.0 Å². The lowest BCUT2D eigenvalue weighted by atomic mass is 9.69. The maximum atomic E-state index is 14.9. The Balaban J connectivity index is 1.64. The van der Waals surface area contributed by atoms with Crippen molar-refractivity contribution in [1.82, 2.24) is 0 Å². The molecule has 6 nitrogen and oxygen atoms in total. The van der Waals surface area contributed by atoms with Gasteiger partial charge in [-0.1, -0.05) is 46.8 Å². The van der Waals surface area contributed by atoms with Crippen molar-refractivity contribution in [2.75, 3.05) is 26.4 Å².